The number of anilines is 2. The molecule has 1 fully saturated rings. The Morgan fingerprint density at radius 3 is 2.76 bits per heavy atom. The zero-order chi connectivity index (χ0) is 15.0. The van der Waals surface area contributed by atoms with Crippen LogP contribution in [0.4, 0.5) is 11.4 Å². The molecule has 5 heteroatoms. The Labute approximate surface area is 124 Å². The number of carbonyl (C=O) groups is 2. The predicted octanol–water partition coefficient (Wildman–Crippen LogP) is 1.74. The number of hydrogen-bond donors (Lipinski definition) is 1. The summed E-state index contributed by atoms with van der Waals surface area (Å²) in [5.74, 6) is -0.955. The van der Waals surface area contributed by atoms with E-state index in [9.17, 15) is 9.59 Å². The number of rotatable bonds is 4. The van der Waals surface area contributed by atoms with E-state index in [-0.39, 0.29) is 0 Å². The summed E-state index contributed by atoms with van der Waals surface area (Å²) in [5, 5.41) is 2.64. The molecule has 1 amide bonds. The molecule has 1 atom stereocenters. The second-order valence-electron chi connectivity index (χ2n) is 5.62. The van der Waals surface area contributed by atoms with Crippen LogP contribution in [0.15, 0.2) is 18.2 Å². The highest BCUT2D eigenvalue weighted by Crippen LogP contribution is 2.30. The number of hydrogen-bond acceptors (Lipinski definition) is 4. The average molecular weight is 287 g/mol. The zero-order valence-electron chi connectivity index (χ0n) is 12.6. The first-order valence-electron chi connectivity index (χ1n) is 7.62. The molecule has 1 N–H and O–H groups in total. The van der Waals surface area contributed by atoms with Crippen molar-refractivity contribution in [1.29, 1.82) is 0 Å². The number of carbonyl (C=O) groups excluding carboxylic acids is 2. The first-order chi connectivity index (χ1) is 10.1. The summed E-state index contributed by atoms with van der Waals surface area (Å²) in [4.78, 5) is 27.8. The van der Waals surface area contributed by atoms with E-state index in [0.29, 0.717) is 17.3 Å². The average Bonchev–Trinajstić information content (AvgIpc) is 3.07. The maximum Gasteiger partial charge on any atom is 0.296 e. The monoisotopic (exact) mass is 287 g/mol. The third kappa shape index (κ3) is 2.42. The van der Waals surface area contributed by atoms with Gasteiger partial charge in [0.25, 0.3) is 11.7 Å². The molecule has 2 aliphatic rings. The van der Waals surface area contributed by atoms with Crippen LogP contribution >= 0.6 is 0 Å². The zero-order valence-corrected chi connectivity index (χ0v) is 12.6. The van der Waals surface area contributed by atoms with Crippen LogP contribution in [0, 0.1) is 0 Å². The molecule has 2 heterocycles. The molecule has 1 aromatic rings. The highest BCUT2D eigenvalue weighted by Gasteiger charge is 2.30. The van der Waals surface area contributed by atoms with Crippen LogP contribution in [0.1, 0.15) is 30.6 Å². The maximum atomic E-state index is 11.6. The van der Waals surface area contributed by atoms with Gasteiger partial charge in [-0.05, 0) is 37.7 Å². The molecule has 0 spiro atoms. The molecular formula is C16H21N3O2. The summed E-state index contributed by atoms with van der Waals surface area (Å²) in [6.07, 6.45) is 1.16. The number of nitrogens with one attached hydrogen (secondary N) is 1. The smallest absolute Gasteiger partial charge is 0.296 e. The fourth-order valence-corrected chi connectivity index (χ4v) is 3.35. The predicted molar refractivity (Wildman–Crippen MR) is 82.9 cm³/mol. The third-order valence-corrected chi connectivity index (χ3v) is 4.56. The van der Waals surface area contributed by atoms with E-state index in [1.54, 1.807) is 6.07 Å². The summed E-state index contributed by atoms with van der Waals surface area (Å²) in [5.41, 5.74) is 2.22. The normalized spacial score (nSPS) is 21.1. The number of fused-ring (bicyclic) bond motifs is 1. The molecule has 0 aliphatic carbocycles. The molecule has 5 nitrogen and oxygen atoms in total. The van der Waals surface area contributed by atoms with E-state index in [4.69, 9.17) is 0 Å². The minimum atomic E-state index is -0.524. The molecule has 2 aliphatic heterocycles. The van der Waals surface area contributed by atoms with Crippen molar-refractivity contribution >= 4 is 23.1 Å². The van der Waals surface area contributed by atoms with Gasteiger partial charge in [-0.15, -0.1) is 0 Å². The van der Waals surface area contributed by atoms with Crippen molar-refractivity contribution in [1.82, 2.24) is 4.90 Å². The summed E-state index contributed by atoms with van der Waals surface area (Å²) in [6.45, 7) is 8.56. The first-order valence-corrected chi connectivity index (χ1v) is 7.62. The highest BCUT2D eigenvalue weighted by atomic mass is 16.2. The number of ketones is 1. The Balaban J connectivity index is 1.76. The van der Waals surface area contributed by atoms with Gasteiger partial charge in [0, 0.05) is 24.8 Å². The van der Waals surface area contributed by atoms with Crippen molar-refractivity contribution < 1.29 is 9.59 Å². The Morgan fingerprint density at radius 2 is 2.05 bits per heavy atom. The van der Waals surface area contributed by atoms with Crippen LogP contribution in [0.5, 0.6) is 0 Å². The van der Waals surface area contributed by atoms with Gasteiger partial charge in [0.2, 0.25) is 0 Å². The number of amides is 1. The summed E-state index contributed by atoms with van der Waals surface area (Å²) >= 11 is 0. The van der Waals surface area contributed by atoms with E-state index >= 15 is 0 Å². The van der Waals surface area contributed by atoms with E-state index in [2.05, 4.69) is 29.0 Å². The fraction of sp³-hybridized carbons (Fsp3) is 0.500. The Morgan fingerprint density at radius 1 is 1.29 bits per heavy atom. The van der Waals surface area contributed by atoms with Crippen LogP contribution in [0.25, 0.3) is 0 Å². The lowest BCUT2D eigenvalue weighted by Gasteiger charge is -2.26. The van der Waals surface area contributed by atoms with Crippen LogP contribution in [-0.2, 0) is 4.79 Å². The summed E-state index contributed by atoms with van der Waals surface area (Å²) in [7, 11) is 0. The minimum absolute atomic E-state index is 0.431. The van der Waals surface area contributed by atoms with Gasteiger partial charge >= 0.3 is 0 Å². The van der Waals surface area contributed by atoms with E-state index in [0.717, 1.165) is 38.3 Å². The van der Waals surface area contributed by atoms with Gasteiger partial charge in [-0.2, -0.15) is 0 Å². The van der Waals surface area contributed by atoms with Crippen LogP contribution in [0.3, 0.4) is 0 Å². The lowest BCUT2D eigenvalue weighted by atomic mass is 10.1. The lowest BCUT2D eigenvalue weighted by Crippen LogP contribution is -2.37. The number of benzene rings is 1. The Kier molecular flexibility index (Phi) is 3.68. The second kappa shape index (κ2) is 5.48. The molecule has 0 radical (unpaired) electrons. The molecule has 1 unspecified atom stereocenters. The van der Waals surface area contributed by atoms with E-state index in [1.807, 2.05) is 12.1 Å². The van der Waals surface area contributed by atoms with Gasteiger partial charge in [0.15, 0.2) is 0 Å². The first kappa shape index (κ1) is 14.1. The van der Waals surface area contributed by atoms with Gasteiger partial charge in [0.05, 0.1) is 11.3 Å². The molecular weight excluding hydrogens is 266 g/mol. The number of likely N-dealkylation sites (N-methyl/N-ethyl adjacent to an activating group) is 1. The molecule has 0 aromatic heterocycles. The molecule has 0 bridgehead atoms. The second-order valence-corrected chi connectivity index (χ2v) is 5.62. The summed E-state index contributed by atoms with van der Waals surface area (Å²) in [6, 6.07) is 6.21. The Hall–Kier alpha value is -1.88. The van der Waals surface area contributed by atoms with Crippen LogP contribution in [0.2, 0.25) is 0 Å². The van der Waals surface area contributed by atoms with Gasteiger partial charge in [-0.1, -0.05) is 13.8 Å². The molecule has 0 saturated carbocycles. The Bertz CT molecular complexity index is 581. The van der Waals surface area contributed by atoms with E-state index in [1.165, 1.54) is 0 Å². The fourth-order valence-electron chi connectivity index (χ4n) is 3.35. The number of Topliss-reactive ketones (excluding diaryl/α,β-unsaturated/α-hetero) is 1. The van der Waals surface area contributed by atoms with Crippen molar-refractivity contribution in [3.63, 3.8) is 0 Å². The lowest BCUT2D eigenvalue weighted by molar-refractivity contribution is -0.112. The quantitative estimate of drug-likeness (QED) is 0.857. The minimum Gasteiger partial charge on any atom is -0.370 e. The molecule has 1 aromatic carbocycles. The maximum absolute atomic E-state index is 11.6. The largest absolute Gasteiger partial charge is 0.370 e. The van der Waals surface area contributed by atoms with Crippen molar-refractivity contribution in [3.8, 4) is 0 Å². The SMILES string of the molecule is CCN(CC)C1CCN(c2ccc3c(c2)NC(=O)C3=O)C1. The summed E-state index contributed by atoms with van der Waals surface area (Å²) < 4.78 is 0. The standard InChI is InChI=1S/C16H21N3O2/c1-3-18(4-2)12-7-8-19(10-12)11-5-6-13-14(9-11)17-16(21)15(13)20/h5-6,9,12H,3-4,7-8,10H2,1-2H3,(H,17,20,21). The van der Waals surface area contributed by atoms with Crippen LogP contribution in [-0.4, -0.2) is 48.8 Å². The topological polar surface area (TPSA) is 52.6 Å². The number of nitrogens with zero attached hydrogens (tertiary/aromatic N) is 2. The van der Waals surface area contributed by atoms with Crippen molar-refractivity contribution in [3.05, 3.63) is 23.8 Å². The molecule has 21 heavy (non-hydrogen) atoms. The molecule has 3 rings (SSSR count). The van der Waals surface area contributed by atoms with Gasteiger partial charge < -0.3 is 10.2 Å². The van der Waals surface area contributed by atoms with E-state index < -0.39 is 11.7 Å². The van der Waals surface area contributed by atoms with Gasteiger partial charge in [-0.25, -0.2) is 0 Å². The molecule has 112 valence electrons. The van der Waals surface area contributed by atoms with Crippen LogP contribution < -0.4 is 10.2 Å². The van der Waals surface area contributed by atoms with Crippen molar-refractivity contribution in [2.75, 3.05) is 36.4 Å². The van der Waals surface area contributed by atoms with Gasteiger partial charge in [-0.3, -0.25) is 14.5 Å². The highest BCUT2D eigenvalue weighted by molar-refractivity contribution is 6.51. The molecule has 1 saturated heterocycles. The van der Waals surface area contributed by atoms with Crippen molar-refractivity contribution in [2.24, 2.45) is 0 Å². The van der Waals surface area contributed by atoms with Crippen molar-refractivity contribution in [2.45, 2.75) is 26.3 Å². The third-order valence-electron chi connectivity index (χ3n) is 4.56. The van der Waals surface area contributed by atoms with Gasteiger partial charge in [0.1, 0.15) is 0 Å².